The molecule has 0 atom stereocenters. The van der Waals surface area contributed by atoms with Gasteiger partial charge in [0.05, 0.1) is 6.54 Å². The standard InChI is InChI=1S/C18H24F3N5S.HI/c1-3-22-17(24-12-16-25-15(13-27-16)18(19,20)21)23-10-7-11-26(2)14-8-5-4-6-9-14;/h4-6,8-9,13H,3,7,10-12H2,1-2H3,(H2,22,23,24);1H. The van der Waals surface area contributed by atoms with Gasteiger partial charge in [0.15, 0.2) is 11.7 Å². The maximum absolute atomic E-state index is 12.6. The Hall–Kier alpha value is -1.56. The fourth-order valence-corrected chi connectivity index (χ4v) is 3.06. The zero-order valence-electron chi connectivity index (χ0n) is 15.8. The molecule has 0 aliphatic rings. The van der Waals surface area contributed by atoms with E-state index in [0.717, 1.165) is 35.4 Å². The third-order valence-corrected chi connectivity index (χ3v) is 4.55. The third-order valence-electron chi connectivity index (χ3n) is 3.72. The number of thiazole rings is 1. The quantitative estimate of drug-likeness (QED) is 0.232. The zero-order chi connectivity index (χ0) is 19.7. The van der Waals surface area contributed by atoms with Crippen LogP contribution >= 0.6 is 35.3 Å². The molecule has 2 aromatic rings. The number of alkyl halides is 3. The molecule has 10 heteroatoms. The maximum atomic E-state index is 12.6. The summed E-state index contributed by atoms with van der Waals surface area (Å²) in [6.45, 7) is 4.29. The second kappa shape index (κ2) is 12.1. The highest BCUT2D eigenvalue weighted by Gasteiger charge is 2.33. The minimum atomic E-state index is -4.41. The third kappa shape index (κ3) is 8.21. The summed E-state index contributed by atoms with van der Waals surface area (Å²) in [5.74, 6) is 0.573. The lowest BCUT2D eigenvalue weighted by Gasteiger charge is -2.19. The number of halogens is 4. The van der Waals surface area contributed by atoms with Crippen LogP contribution in [0.25, 0.3) is 0 Å². The van der Waals surface area contributed by atoms with Crippen LogP contribution in [0.3, 0.4) is 0 Å². The van der Waals surface area contributed by atoms with E-state index >= 15 is 0 Å². The number of benzene rings is 1. The van der Waals surface area contributed by atoms with Gasteiger partial charge in [0, 0.05) is 37.7 Å². The van der Waals surface area contributed by atoms with Gasteiger partial charge >= 0.3 is 6.18 Å². The summed E-state index contributed by atoms with van der Waals surface area (Å²) < 4.78 is 37.8. The van der Waals surface area contributed by atoms with E-state index in [0.29, 0.717) is 24.1 Å². The molecule has 0 aliphatic carbocycles. The molecule has 0 aliphatic heterocycles. The maximum Gasteiger partial charge on any atom is 0.434 e. The molecule has 0 unspecified atom stereocenters. The average Bonchev–Trinajstić information content (AvgIpc) is 3.13. The first kappa shape index (κ1) is 24.5. The minimum Gasteiger partial charge on any atom is -0.375 e. The number of para-hydroxylation sites is 1. The normalized spacial score (nSPS) is 11.7. The van der Waals surface area contributed by atoms with Crippen LogP contribution in [-0.4, -0.2) is 37.6 Å². The number of guanidine groups is 1. The Morgan fingerprint density at radius 3 is 2.54 bits per heavy atom. The smallest absolute Gasteiger partial charge is 0.375 e. The van der Waals surface area contributed by atoms with Gasteiger partial charge in [-0.05, 0) is 25.5 Å². The van der Waals surface area contributed by atoms with Crippen LogP contribution < -0.4 is 15.5 Å². The number of aliphatic imine (C=N–C) groups is 1. The Morgan fingerprint density at radius 1 is 1.21 bits per heavy atom. The summed E-state index contributed by atoms with van der Waals surface area (Å²) in [6.07, 6.45) is -3.52. The van der Waals surface area contributed by atoms with Gasteiger partial charge in [-0.15, -0.1) is 35.3 Å². The lowest BCUT2D eigenvalue weighted by Crippen LogP contribution is -2.38. The van der Waals surface area contributed by atoms with Gasteiger partial charge in [-0.2, -0.15) is 13.2 Å². The number of rotatable bonds is 8. The first-order valence-electron chi connectivity index (χ1n) is 8.70. The van der Waals surface area contributed by atoms with Crippen LogP contribution in [0.1, 0.15) is 24.0 Å². The molecule has 0 radical (unpaired) electrons. The minimum absolute atomic E-state index is 0. The number of anilines is 1. The molecule has 28 heavy (non-hydrogen) atoms. The summed E-state index contributed by atoms with van der Waals surface area (Å²) in [5.41, 5.74) is 0.293. The molecule has 2 N–H and O–H groups in total. The van der Waals surface area contributed by atoms with E-state index in [4.69, 9.17) is 0 Å². The molecule has 0 amide bonds. The molecule has 0 fully saturated rings. The van der Waals surface area contributed by atoms with Crippen molar-refractivity contribution in [1.29, 1.82) is 0 Å². The Kier molecular flexibility index (Phi) is 10.6. The van der Waals surface area contributed by atoms with E-state index in [-0.39, 0.29) is 30.5 Å². The number of aromatic nitrogens is 1. The van der Waals surface area contributed by atoms with E-state index in [2.05, 4.69) is 37.6 Å². The highest BCUT2D eigenvalue weighted by Crippen LogP contribution is 2.30. The highest BCUT2D eigenvalue weighted by atomic mass is 127. The SMILES string of the molecule is CCNC(=NCc1nc(C(F)(F)F)cs1)NCCCN(C)c1ccccc1.I. The van der Waals surface area contributed by atoms with E-state index in [9.17, 15) is 13.2 Å². The van der Waals surface area contributed by atoms with Crippen LogP contribution in [0, 0.1) is 0 Å². The van der Waals surface area contributed by atoms with Crippen molar-refractivity contribution in [2.45, 2.75) is 26.1 Å². The number of nitrogens with one attached hydrogen (secondary N) is 2. The molecular formula is C18H25F3IN5S. The average molecular weight is 527 g/mol. The van der Waals surface area contributed by atoms with Gasteiger partial charge in [-0.1, -0.05) is 18.2 Å². The molecule has 1 aromatic heterocycles. The van der Waals surface area contributed by atoms with Crippen LogP contribution in [0.5, 0.6) is 0 Å². The molecule has 1 heterocycles. The van der Waals surface area contributed by atoms with Crippen molar-refractivity contribution in [3.8, 4) is 0 Å². The molecule has 5 nitrogen and oxygen atoms in total. The molecule has 0 spiro atoms. The van der Waals surface area contributed by atoms with Crippen molar-refractivity contribution in [2.75, 3.05) is 31.6 Å². The fourth-order valence-electron chi connectivity index (χ4n) is 2.34. The Balaban J connectivity index is 0.00000392. The predicted molar refractivity (Wildman–Crippen MR) is 120 cm³/mol. The number of nitrogens with zero attached hydrogens (tertiary/aromatic N) is 3. The molecule has 0 bridgehead atoms. The molecule has 0 saturated heterocycles. The van der Waals surface area contributed by atoms with Gasteiger partial charge in [0.25, 0.3) is 0 Å². The second-order valence-corrected chi connectivity index (χ2v) is 6.80. The largest absolute Gasteiger partial charge is 0.434 e. The number of hydrogen-bond donors (Lipinski definition) is 2. The van der Waals surface area contributed by atoms with E-state index in [1.807, 2.05) is 32.2 Å². The van der Waals surface area contributed by atoms with Crippen molar-refractivity contribution >= 4 is 47.0 Å². The molecule has 156 valence electrons. The second-order valence-electron chi connectivity index (χ2n) is 5.86. The zero-order valence-corrected chi connectivity index (χ0v) is 18.9. The molecular weight excluding hydrogens is 502 g/mol. The predicted octanol–water partition coefficient (Wildman–Crippen LogP) is 4.36. The van der Waals surface area contributed by atoms with Gasteiger partial charge in [-0.25, -0.2) is 9.98 Å². The van der Waals surface area contributed by atoms with Crippen LogP contribution in [0.2, 0.25) is 0 Å². The van der Waals surface area contributed by atoms with E-state index < -0.39 is 11.9 Å². The molecule has 2 rings (SSSR count). The monoisotopic (exact) mass is 527 g/mol. The molecule has 1 aromatic carbocycles. The van der Waals surface area contributed by atoms with Gasteiger partial charge in [0.1, 0.15) is 5.01 Å². The van der Waals surface area contributed by atoms with Crippen molar-refractivity contribution in [1.82, 2.24) is 15.6 Å². The summed E-state index contributed by atoms with van der Waals surface area (Å²) in [4.78, 5) is 10.1. The summed E-state index contributed by atoms with van der Waals surface area (Å²) in [6, 6.07) is 10.1. The highest BCUT2D eigenvalue weighted by molar-refractivity contribution is 14.0. The fraction of sp³-hybridized carbons (Fsp3) is 0.444. The van der Waals surface area contributed by atoms with Crippen molar-refractivity contribution in [3.63, 3.8) is 0 Å². The van der Waals surface area contributed by atoms with Gasteiger partial charge in [0.2, 0.25) is 0 Å². The Morgan fingerprint density at radius 2 is 1.93 bits per heavy atom. The van der Waals surface area contributed by atoms with Gasteiger partial charge < -0.3 is 15.5 Å². The first-order valence-corrected chi connectivity index (χ1v) is 9.58. The first-order chi connectivity index (χ1) is 12.9. The summed E-state index contributed by atoms with van der Waals surface area (Å²) in [5, 5.41) is 7.65. The molecule has 0 saturated carbocycles. The van der Waals surface area contributed by atoms with Crippen molar-refractivity contribution < 1.29 is 13.2 Å². The topological polar surface area (TPSA) is 52.6 Å². The van der Waals surface area contributed by atoms with Crippen LogP contribution in [-0.2, 0) is 12.7 Å². The van der Waals surface area contributed by atoms with Crippen LogP contribution in [0.4, 0.5) is 18.9 Å². The Bertz CT molecular complexity index is 722. The van der Waals surface area contributed by atoms with Crippen molar-refractivity contribution in [3.05, 3.63) is 46.4 Å². The lowest BCUT2D eigenvalue weighted by molar-refractivity contribution is -0.140. The Labute approximate surface area is 184 Å². The number of hydrogen-bond acceptors (Lipinski definition) is 4. The van der Waals surface area contributed by atoms with Crippen molar-refractivity contribution in [2.24, 2.45) is 4.99 Å². The van der Waals surface area contributed by atoms with Crippen LogP contribution in [0.15, 0.2) is 40.7 Å². The summed E-state index contributed by atoms with van der Waals surface area (Å²) in [7, 11) is 2.04. The van der Waals surface area contributed by atoms with Gasteiger partial charge in [-0.3, -0.25) is 0 Å². The van der Waals surface area contributed by atoms with E-state index in [1.54, 1.807) is 0 Å². The lowest BCUT2D eigenvalue weighted by atomic mass is 10.3. The van der Waals surface area contributed by atoms with E-state index in [1.165, 1.54) is 0 Å². The summed E-state index contributed by atoms with van der Waals surface area (Å²) >= 11 is 0.966.